The SMILES string of the molecule is Cc1cc(-n2c(=O)n(C(C)C)c3cc(C(=O)C[C@]4(C)CCS(=O)(=O)C4)ccc32)c(F)cn1. The molecule has 9 heteroatoms. The van der Waals surface area contributed by atoms with Crippen molar-refractivity contribution in [3.63, 3.8) is 0 Å². The molecular formula is C23H26FN3O4S. The van der Waals surface area contributed by atoms with Crippen LogP contribution in [0.5, 0.6) is 0 Å². The highest BCUT2D eigenvalue weighted by Gasteiger charge is 2.40. The number of imidazole rings is 1. The molecule has 170 valence electrons. The molecule has 1 aliphatic heterocycles. The van der Waals surface area contributed by atoms with E-state index in [0.29, 0.717) is 28.7 Å². The fourth-order valence-electron chi connectivity index (χ4n) is 4.53. The summed E-state index contributed by atoms with van der Waals surface area (Å²) in [6, 6.07) is 6.20. The smallest absolute Gasteiger partial charge is 0.294 e. The maximum Gasteiger partial charge on any atom is 0.334 e. The van der Waals surface area contributed by atoms with E-state index in [1.165, 1.54) is 15.2 Å². The average Bonchev–Trinajstić information content (AvgIpc) is 3.14. The van der Waals surface area contributed by atoms with Crippen molar-refractivity contribution in [2.75, 3.05) is 11.5 Å². The first-order valence-corrected chi connectivity index (χ1v) is 12.4. The number of halogens is 1. The quantitative estimate of drug-likeness (QED) is 0.544. The van der Waals surface area contributed by atoms with Gasteiger partial charge in [-0.15, -0.1) is 0 Å². The van der Waals surface area contributed by atoms with Gasteiger partial charge in [-0.3, -0.25) is 18.9 Å². The summed E-state index contributed by atoms with van der Waals surface area (Å²) in [6.07, 6.45) is 1.66. The van der Waals surface area contributed by atoms with Crippen LogP contribution in [0.1, 0.15) is 55.7 Å². The third-order valence-corrected chi connectivity index (χ3v) is 8.06. The Hall–Kier alpha value is -2.81. The molecule has 1 aliphatic rings. The van der Waals surface area contributed by atoms with Crippen molar-refractivity contribution in [1.29, 1.82) is 0 Å². The highest BCUT2D eigenvalue weighted by molar-refractivity contribution is 7.91. The number of aryl methyl sites for hydroxylation is 1. The molecular weight excluding hydrogens is 433 g/mol. The van der Waals surface area contributed by atoms with E-state index in [4.69, 9.17) is 0 Å². The number of aromatic nitrogens is 3. The van der Waals surface area contributed by atoms with Crippen LogP contribution in [0.25, 0.3) is 16.7 Å². The van der Waals surface area contributed by atoms with Crippen molar-refractivity contribution >= 4 is 26.7 Å². The highest BCUT2D eigenvalue weighted by Crippen LogP contribution is 2.36. The fraction of sp³-hybridized carbons (Fsp3) is 0.435. The van der Waals surface area contributed by atoms with E-state index < -0.39 is 26.8 Å². The summed E-state index contributed by atoms with van der Waals surface area (Å²) >= 11 is 0. The van der Waals surface area contributed by atoms with Crippen LogP contribution in [0, 0.1) is 18.2 Å². The second-order valence-electron chi connectivity index (χ2n) is 9.31. The van der Waals surface area contributed by atoms with E-state index in [2.05, 4.69) is 4.98 Å². The van der Waals surface area contributed by atoms with Crippen molar-refractivity contribution in [3.8, 4) is 5.69 Å². The van der Waals surface area contributed by atoms with Crippen LogP contribution in [0.4, 0.5) is 4.39 Å². The first-order chi connectivity index (χ1) is 14.9. The first-order valence-electron chi connectivity index (χ1n) is 10.5. The Morgan fingerprint density at radius 1 is 1.25 bits per heavy atom. The third-order valence-electron chi connectivity index (χ3n) is 6.10. The number of benzene rings is 1. The van der Waals surface area contributed by atoms with Crippen LogP contribution in [0.15, 0.2) is 35.3 Å². The number of hydrogen-bond acceptors (Lipinski definition) is 5. The number of Topliss-reactive ketones (excluding diaryl/α,β-unsaturated/α-hetero) is 1. The first kappa shape index (κ1) is 22.4. The predicted octanol–water partition coefficient (Wildman–Crippen LogP) is 3.61. The van der Waals surface area contributed by atoms with Crippen LogP contribution >= 0.6 is 0 Å². The van der Waals surface area contributed by atoms with Crippen molar-refractivity contribution in [3.05, 3.63) is 58.0 Å². The van der Waals surface area contributed by atoms with Crippen molar-refractivity contribution in [2.24, 2.45) is 5.41 Å². The van der Waals surface area contributed by atoms with Gasteiger partial charge in [0.15, 0.2) is 21.4 Å². The molecule has 7 nitrogen and oxygen atoms in total. The molecule has 1 saturated heterocycles. The maximum absolute atomic E-state index is 14.6. The van der Waals surface area contributed by atoms with Gasteiger partial charge in [0.2, 0.25) is 0 Å². The Kier molecular flexibility index (Phi) is 5.35. The molecule has 0 radical (unpaired) electrons. The lowest BCUT2D eigenvalue weighted by Crippen LogP contribution is -2.25. The van der Waals surface area contributed by atoms with Crippen LogP contribution < -0.4 is 5.69 Å². The number of pyridine rings is 1. The lowest BCUT2D eigenvalue weighted by Gasteiger charge is -2.20. The lowest BCUT2D eigenvalue weighted by atomic mass is 9.83. The standard InChI is InChI=1S/C23H26FN3O4S/c1-14(2)26-20-10-16(21(28)11-23(4)7-8-32(30,31)13-23)5-6-18(20)27(22(26)29)19-9-15(3)25-12-17(19)24/h5-6,9-10,12,14H,7-8,11,13H2,1-4H3/t23-/m0/s1. The minimum atomic E-state index is -3.12. The maximum atomic E-state index is 14.6. The van der Waals surface area contributed by atoms with Gasteiger partial charge in [-0.1, -0.05) is 6.92 Å². The Morgan fingerprint density at radius 3 is 2.59 bits per heavy atom. The molecule has 0 amide bonds. The minimum absolute atomic E-state index is 0.00172. The van der Waals surface area contributed by atoms with Gasteiger partial charge in [0.1, 0.15) is 0 Å². The molecule has 1 fully saturated rings. The Balaban J connectivity index is 1.83. The van der Waals surface area contributed by atoms with Crippen LogP contribution in [-0.2, 0) is 9.84 Å². The summed E-state index contributed by atoms with van der Waals surface area (Å²) in [5, 5.41) is 0. The second kappa shape index (κ2) is 7.65. The number of fused-ring (bicyclic) bond motifs is 1. The summed E-state index contributed by atoms with van der Waals surface area (Å²) in [7, 11) is -3.12. The Bertz CT molecular complexity index is 1400. The lowest BCUT2D eigenvalue weighted by molar-refractivity contribution is 0.0934. The Labute approximate surface area is 185 Å². The minimum Gasteiger partial charge on any atom is -0.294 e. The van der Waals surface area contributed by atoms with Gasteiger partial charge in [-0.25, -0.2) is 17.6 Å². The van der Waals surface area contributed by atoms with Crippen LogP contribution in [-0.4, -0.2) is 39.8 Å². The molecule has 0 spiro atoms. The summed E-state index contributed by atoms with van der Waals surface area (Å²) in [4.78, 5) is 30.2. The molecule has 32 heavy (non-hydrogen) atoms. The van der Waals surface area contributed by atoms with Crippen LogP contribution in [0.2, 0.25) is 0 Å². The van der Waals surface area contributed by atoms with E-state index >= 15 is 0 Å². The van der Waals surface area contributed by atoms with E-state index in [-0.39, 0.29) is 35.4 Å². The molecule has 1 atom stereocenters. The van der Waals surface area contributed by atoms with E-state index in [1.54, 1.807) is 25.1 Å². The van der Waals surface area contributed by atoms with Crippen molar-refractivity contribution in [2.45, 2.75) is 46.6 Å². The van der Waals surface area contributed by atoms with Crippen LogP contribution in [0.3, 0.4) is 0 Å². The molecule has 0 bridgehead atoms. The van der Waals surface area contributed by atoms with Gasteiger partial charge < -0.3 is 0 Å². The van der Waals surface area contributed by atoms with E-state index in [9.17, 15) is 22.4 Å². The molecule has 3 heterocycles. The zero-order valence-electron chi connectivity index (χ0n) is 18.6. The average molecular weight is 460 g/mol. The van der Waals surface area contributed by atoms with Crippen molar-refractivity contribution in [1.82, 2.24) is 14.1 Å². The van der Waals surface area contributed by atoms with Gasteiger partial charge in [0.05, 0.1) is 34.4 Å². The highest BCUT2D eigenvalue weighted by atomic mass is 32.2. The third kappa shape index (κ3) is 3.90. The predicted molar refractivity (Wildman–Crippen MR) is 121 cm³/mol. The zero-order chi connectivity index (χ0) is 23.4. The number of rotatable bonds is 5. The number of carbonyl (C=O) groups excluding carboxylic acids is 1. The Morgan fingerprint density at radius 2 is 1.97 bits per heavy atom. The number of carbonyl (C=O) groups is 1. The van der Waals surface area contributed by atoms with Gasteiger partial charge in [-0.2, -0.15) is 0 Å². The molecule has 4 rings (SSSR count). The fourth-order valence-corrected chi connectivity index (χ4v) is 6.79. The molecule has 0 aliphatic carbocycles. The topological polar surface area (TPSA) is 91.0 Å². The summed E-state index contributed by atoms with van der Waals surface area (Å²) in [5.41, 5.74) is 1.10. The normalized spacial score (nSPS) is 20.3. The molecule has 3 aromatic rings. The second-order valence-corrected chi connectivity index (χ2v) is 11.5. The molecule has 0 unspecified atom stereocenters. The largest absolute Gasteiger partial charge is 0.334 e. The van der Waals surface area contributed by atoms with Gasteiger partial charge >= 0.3 is 5.69 Å². The van der Waals surface area contributed by atoms with Gasteiger partial charge in [0, 0.05) is 23.7 Å². The van der Waals surface area contributed by atoms with E-state index in [1.807, 2.05) is 20.8 Å². The van der Waals surface area contributed by atoms with Gasteiger partial charge in [0.25, 0.3) is 0 Å². The molecule has 2 aromatic heterocycles. The van der Waals surface area contributed by atoms with Gasteiger partial charge in [-0.05, 0) is 56.9 Å². The number of ketones is 1. The molecule has 0 N–H and O–H groups in total. The summed E-state index contributed by atoms with van der Waals surface area (Å²) < 4.78 is 41.2. The number of nitrogens with zero attached hydrogens (tertiary/aromatic N) is 3. The van der Waals surface area contributed by atoms with E-state index in [0.717, 1.165) is 6.20 Å². The summed E-state index contributed by atoms with van der Waals surface area (Å²) in [6.45, 7) is 7.23. The number of hydrogen-bond donors (Lipinski definition) is 0. The molecule has 1 aromatic carbocycles. The zero-order valence-corrected chi connectivity index (χ0v) is 19.4. The van der Waals surface area contributed by atoms with Crippen molar-refractivity contribution < 1.29 is 17.6 Å². The monoisotopic (exact) mass is 459 g/mol. The number of sulfone groups is 1. The summed E-state index contributed by atoms with van der Waals surface area (Å²) in [5.74, 6) is -0.687. The molecule has 0 saturated carbocycles.